The van der Waals surface area contributed by atoms with Gasteiger partial charge >= 0.3 is 0 Å². The molecule has 1 aromatic carbocycles. The monoisotopic (exact) mass is 388 g/mol. The van der Waals surface area contributed by atoms with Crippen LogP contribution in [-0.2, 0) is 0 Å². The topological polar surface area (TPSA) is 42.0 Å². The van der Waals surface area contributed by atoms with Crippen LogP contribution in [0.1, 0.15) is 10.4 Å². The lowest BCUT2D eigenvalue weighted by Gasteiger charge is -2.05. The van der Waals surface area contributed by atoms with Gasteiger partial charge in [-0.3, -0.25) is 4.79 Å². The number of halogens is 3. The van der Waals surface area contributed by atoms with E-state index in [-0.39, 0.29) is 5.91 Å². The molecule has 0 saturated carbocycles. The fourth-order valence-corrected chi connectivity index (χ4v) is 2.14. The van der Waals surface area contributed by atoms with Crippen LogP contribution < -0.4 is 5.32 Å². The molecule has 0 aliphatic rings. The molecule has 0 spiro atoms. The number of carbonyl (C=O) groups is 1. The molecular weight excluding hydrogens is 383 g/mol. The maximum atomic E-state index is 12.0. The molecule has 0 saturated heterocycles. The van der Waals surface area contributed by atoms with Crippen molar-refractivity contribution in [1.82, 2.24) is 4.98 Å². The quantitative estimate of drug-likeness (QED) is 0.767. The van der Waals surface area contributed by atoms with E-state index in [4.69, 9.17) is 11.6 Å². The second-order valence-electron chi connectivity index (χ2n) is 3.43. The van der Waals surface area contributed by atoms with Gasteiger partial charge in [-0.1, -0.05) is 17.7 Å². The molecule has 3 nitrogen and oxygen atoms in total. The Morgan fingerprint density at radius 1 is 1.22 bits per heavy atom. The highest BCUT2D eigenvalue weighted by molar-refractivity contribution is 9.10. The molecule has 1 amide bonds. The third-order valence-electron chi connectivity index (χ3n) is 2.14. The summed E-state index contributed by atoms with van der Waals surface area (Å²) in [6.07, 6.45) is 0. The average Bonchev–Trinajstić information content (AvgIpc) is 2.32. The van der Waals surface area contributed by atoms with Gasteiger partial charge in [0, 0.05) is 10.0 Å². The number of hydrogen-bond acceptors (Lipinski definition) is 2. The molecule has 1 heterocycles. The van der Waals surface area contributed by atoms with Crippen LogP contribution in [0.5, 0.6) is 0 Å². The first-order valence-corrected chi connectivity index (χ1v) is 6.91. The van der Waals surface area contributed by atoms with Crippen LogP contribution in [0.2, 0.25) is 5.02 Å². The average molecular weight is 390 g/mol. The number of aromatic nitrogens is 1. The number of nitrogens with zero attached hydrogens (tertiary/aromatic N) is 1. The number of rotatable bonds is 2. The molecule has 0 bridgehead atoms. The summed E-state index contributed by atoms with van der Waals surface area (Å²) < 4.78 is 1.34. The third-order valence-corrected chi connectivity index (χ3v) is 3.79. The molecule has 2 rings (SSSR count). The number of carbonyl (C=O) groups excluding carboxylic acids is 1. The van der Waals surface area contributed by atoms with Crippen LogP contribution in [0.25, 0.3) is 0 Å². The Bertz CT molecular complexity index is 604. The van der Waals surface area contributed by atoms with E-state index in [1.807, 2.05) is 0 Å². The molecule has 1 N–H and O–H groups in total. The number of nitrogens with one attached hydrogen (secondary N) is 1. The molecule has 0 aliphatic heterocycles. The molecule has 1 aromatic heterocycles. The Labute approximate surface area is 126 Å². The molecule has 0 unspecified atom stereocenters. The van der Waals surface area contributed by atoms with Crippen LogP contribution >= 0.6 is 43.5 Å². The number of amides is 1. The molecule has 6 heteroatoms. The first-order valence-electron chi connectivity index (χ1n) is 4.95. The lowest BCUT2D eigenvalue weighted by atomic mass is 10.2. The lowest BCUT2D eigenvalue weighted by Crippen LogP contribution is -2.12. The Hall–Kier alpha value is -0.910. The first-order chi connectivity index (χ1) is 8.56. The summed E-state index contributed by atoms with van der Waals surface area (Å²) in [6, 6.07) is 10.3. The van der Waals surface area contributed by atoms with Gasteiger partial charge in [-0.05, 0) is 62.2 Å². The van der Waals surface area contributed by atoms with Crippen LogP contribution in [0, 0.1) is 0 Å². The van der Waals surface area contributed by atoms with E-state index in [1.54, 1.807) is 36.4 Å². The van der Waals surface area contributed by atoms with E-state index in [2.05, 4.69) is 42.2 Å². The predicted octanol–water partition coefficient (Wildman–Crippen LogP) is 4.51. The van der Waals surface area contributed by atoms with Crippen molar-refractivity contribution in [1.29, 1.82) is 0 Å². The van der Waals surface area contributed by atoms with Crippen molar-refractivity contribution in [3.05, 3.63) is 56.1 Å². The second kappa shape index (κ2) is 5.82. The summed E-state index contributed by atoms with van der Waals surface area (Å²) in [4.78, 5) is 16.1. The maximum absolute atomic E-state index is 12.0. The highest BCUT2D eigenvalue weighted by Gasteiger charge is 2.08. The van der Waals surface area contributed by atoms with Crippen molar-refractivity contribution in [3.63, 3.8) is 0 Å². The molecule has 0 radical (unpaired) electrons. The normalized spacial score (nSPS) is 10.2. The molecule has 2 aromatic rings. The zero-order valence-corrected chi connectivity index (χ0v) is 12.9. The van der Waals surface area contributed by atoms with Gasteiger partial charge in [-0.2, -0.15) is 0 Å². The molecule has 0 fully saturated rings. The second-order valence-corrected chi connectivity index (χ2v) is 5.50. The molecule has 18 heavy (non-hydrogen) atoms. The number of benzene rings is 1. The van der Waals surface area contributed by atoms with Gasteiger partial charge in [-0.25, -0.2) is 4.98 Å². The summed E-state index contributed by atoms with van der Waals surface area (Å²) in [5.41, 5.74) is 0.507. The number of pyridine rings is 1. The standard InChI is InChI=1S/C12H7Br2ClN2O/c13-8-6-7(4-5-9(8)15)12(18)17-11-3-1-2-10(14)16-11/h1-6H,(H,16,17,18). The summed E-state index contributed by atoms with van der Waals surface area (Å²) in [5, 5.41) is 3.26. The van der Waals surface area contributed by atoms with E-state index >= 15 is 0 Å². The van der Waals surface area contributed by atoms with E-state index in [0.29, 0.717) is 25.5 Å². The fraction of sp³-hybridized carbons (Fsp3) is 0. The Balaban J connectivity index is 2.19. The van der Waals surface area contributed by atoms with Crippen LogP contribution in [0.15, 0.2) is 45.5 Å². The van der Waals surface area contributed by atoms with Gasteiger partial charge in [0.1, 0.15) is 10.4 Å². The largest absolute Gasteiger partial charge is 0.307 e. The van der Waals surface area contributed by atoms with Crippen molar-refractivity contribution < 1.29 is 4.79 Å². The number of anilines is 1. The van der Waals surface area contributed by atoms with Gasteiger partial charge in [0.25, 0.3) is 5.91 Å². The highest BCUT2D eigenvalue weighted by atomic mass is 79.9. The molecular formula is C12H7Br2ClN2O. The van der Waals surface area contributed by atoms with E-state index in [0.717, 1.165) is 0 Å². The summed E-state index contributed by atoms with van der Waals surface area (Å²) in [7, 11) is 0. The Morgan fingerprint density at radius 2 is 2.00 bits per heavy atom. The van der Waals surface area contributed by atoms with Gasteiger partial charge in [0.15, 0.2) is 0 Å². The summed E-state index contributed by atoms with van der Waals surface area (Å²) in [5.74, 6) is 0.249. The Kier molecular flexibility index (Phi) is 4.37. The predicted molar refractivity (Wildman–Crippen MR) is 79.0 cm³/mol. The van der Waals surface area contributed by atoms with Gasteiger partial charge < -0.3 is 5.32 Å². The van der Waals surface area contributed by atoms with E-state index in [9.17, 15) is 4.79 Å². The SMILES string of the molecule is O=C(Nc1cccc(Br)n1)c1ccc(Cl)c(Br)c1. The minimum Gasteiger partial charge on any atom is -0.307 e. The van der Waals surface area contributed by atoms with Crippen LogP contribution in [0.4, 0.5) is 5.82 Å². The van der Waals surface area contributed by atoms with Gasteiger partial charge in [-0.15, -0.1) is 0 Å². The van der Waals surface area contributed by atoms with Crippen molar-refractivity contribution in [2.24, 2.45) is 0 Å². The Morgan fingerprint density at radius 3 is 2.67 bits per heavy atom. The lowest BCUT2D eigenvalue weighted by molar-refractivity contribution is 0.102. The van der Waals surface area contributed by atoms with Crippen LogP contribution in [0.3, 0.4) is 0 Å². The summed E-state index contributed by atoms with van der Waals surface area (Å²) in [6.45, 7) is 0. The van der Waals surface area contributed by atoms with Gasteiger partial charge in [0.05, 0.1) is 5.02 Å². The first kappa shape index (κ1) is 13.5. The fourth-order valence-electron chi connectivity index (χ4n) is 1.30. The van der Waals surface area contributed by atoms with Crippen molar-refractivity contribution in [2.75, 3.05) is 5.32 Å². The minimum atomic E-state index is -0.238. The van der Waals surface area contributed by atoms with E-state index in [1.165, 1.54) is 0 Å². The minimum absolute atomic E-state index is 0.238. The zero-order valence-electron chi connectivity index (χ0n) is 8.95. The summed E-state index contributed by atoms with van der Waals surface area (Å²) >= 11 is 12.4. The van der Waals surface area contributed by atoms with Crippen LogP contribution in [-0.4, -0.2) is 10.9 Å². The highest BCUT2D eigenvalue weighted by Crippen LogP contribution is 2.23. The molecule has 0 aliphatic carbocycles. The number of hydrogen-bond donors (Lipinski definition) is 1. The van der Waals surface area contributed by atoms with Gasteiger partial charge in [0.2, 0.25) is 0 Å². The van der Waals surface area contributed by atoms with Crippen molar-refractivity contribution >= 4 is 55.2 Å². The van der Waals surface area contributed by atoms with Crippen molar-refractivity contribution in [3.8, 4) is 0 Å². The molecule has 0 atom stereocenters. The van der Waals surface area contributed by atoms with Crippen molar-refractivity contribution in [2.45, 2.75) is 0 Å². The maximum Gasteiger partial charge on any atom is 0.256 e. The zero-order chi connectivity index (χ0) is 13.1. The smallest absolute Gasteiger partial charge is 0.256 e. The van der Waals surface area contributed by atoms with E-state index < -0.39 is 0 Å². The molecule has 92 valence electrons. The third kappa shape index (κ3) is 3.31.